The Kier molecular flexibility index (Phi) is 7.03. The standard InChI is InChI=1S/C20H25ClN2O3S/c1-5-14(3)19(20(24)22-18-12-16(21)9-8-15(18)4)23-27(25,26)17-10-6-13(2)7-11-17/h6-12,14,19,23H,5H2,1-4H3,(H,22,24)/t14-,19-/m1/s1. The van der Waals surface area contributed by atoms with Gasteiger partial charge in [-0.3, -0.25) is 4.79 Å². The molecule has 5 nitrogen and oxygen atoms in total. The number of sulfonamides is 1. The first-order valence-electron chi connectivity index (χ1n) is 8.80. The van der Waals surface area contributed by atoms with E-state index in [9.17, 15) is 13.2 Å². The second-order valence-corrected chi connectivity index (χ2v) is 8.90. The van der Waals surface area contributed by atoms with Crippen molar-refractivity contribution in [1.82, 2.24) is 4.72 Å². The van der Waals surface area contributed by atoms with Crippen LogP contribution in [0.15, 0.2) is 47.4 Å². The lowest BCUT2D eigenvalue weighted by atomic mass is 9.99. The van der Waals surface area contributed by atoms with Gasteiger partial charge in [0.05, 0.1) is 4.90 Å². The molecule has 0 aliphatic heterocycles. The Morgan fingerprint density at radius 3 is 2.33 bits per heavy atom. The van der Waals surface area contributed by atoms with E-state index in [1.54, 1.807) is 30.3 Å². The molecule has 0 aliphatic carbocycles. The van der Waals surface area contributed by atoms with Crippen LogP contribution in [0, 0.1) is 19.8 Å². The van der Waals surface area contributed by atoms with Gasteiger partial charge in [0.15, 0.2) is 0 Å². The minimum absolute atomic E-state index is 0.133. The van der Waals surface area contributed by atoms with Gasteiger partial charge in [-0.15, -0.1) is 0 Å². The molecule has 2 atom stereocenters. The van der Waals surface area contributed by atoms with E-state index in [1.165, 1.54) is 12.1 Å². The number of benzene rings is 2. The van der Waals surface area contributed by atoms with Crippen molar-refractivity contribution >= 4 is 33.2 Å². The first kappa shape index (κ1) is 21.4. The second-order valence-electron chi connectivity index (χ2n) is 6.75. The van der Waals surface area contributed by atoms with Crippen molar-refractivity contribution in [3.63, 3.8) is 0 Å². The number of aryl methyl sites for hydroxylation is 2. The van der Waals surface area contributed by atoms with Crippen LogP contribution >= 0.6 is 11.6 Å². The van der Waals surface area contributed by atoms with Gasteiger partial charge < -0.3 is 5.32 Å². The number of amides is 1. The van der Waals surface area contributed by atoms with E-state index >= 15 is 0 Å². The molecule has 2 aromatic rings. The summed E-state index contributed by atoms with van der Waals surface area (Å²) in [6, 6.07) is 10.8. The topological polar surface area (TPSA) is 75.3 Å². The fourth-order valence-electron chi connectivity index (χ4n) is 2.56. The SMILES string of the molecule is CC[C@@H](C)[C@@H](NS(=O)(=O)c1ccc(C)cc1)C(=O)Nc1cc(Cl)ccc1C. The van der Waals surface area contributed by atoms with Crippen molar-refractivity contribution in [1.29, 1.82) is 0 Å². The summed E-state index contributed by atoms with van der Waals surface area (Å²) in [5, 5.41) is 3.30. The molecule has 0 saturated carbocycles. The van der Waals surface area contributed by atoms with Crippen molar-refractivity contribution in [3.8, 4) is 0 Å². The summed E-state index contributed by atoms with van der Waals surface area (Å²) in [4.78, 5) is 13.0. The highest BCUT2D eigenvalue weighted by Crippen LogP contribution is 2.22. The monoisotopic (exact) mass is 408 g/mol. The van der Waals surface area contributed by atoms with Crippen LogP contribution in [0.25, 0.3) is 0 Å². The average molecular weight is 409 g/mol. The minimum Gasteiger partial charge on any atom is -0.324 e. The number of rotatable bonds is 7. The van der Waals surface area contributed by atoms with Gasteiger partial charge in [-0.25, -0.2) is 8.42 Å². The molecule has 0 aromatic heterocycles. The van der Waals surface area contributed by atoms with Gasteiger partial charge in [0, 0.05) is 10.7 Å². The van der Waals surface area contributed by atoms with E-state index in [0.717, 1.165) is 11.1 Å². The van der Waals surface area contributed by atoms with E-state index in [2.05, 4.69) is 10.0 Å². The molecule has 0 unspecified atom stereocenters. The third kappa shape index (κ3) is 5.54. The lowest BCUT2D eigenvalue weighted by Crippen LogP contribution is -2.47. The van der Waals surface area contributed by atoms with Crippen LogP contribution in [0.5, 0.6) is 0 Å². The molecule has 2 rings (SSSR count). The van der Waals surface area contributed by atoms with Gasteiger partial charge in [-0.2, -0.15) is 4.72 Å². The highest BCUT2D eigenvalue weighted by atomic mass is 35.5. The van der Waals surface area contributed by atoms with E-state index in [0.29, 0.717) is 17.1 Å². The van der Waals surface area contributed by atoms with E-state index in [-0.39, 0.29) is 10.8 Å². The van der Waals surface area contributed by atoms with Gasteiger partial charge in [0.25, 0.3) is 0 Å². The first-order valence-corrected chi connectivity index (χ1v) is 10.7. The molecule has 0 fully saturated rings. The summed E-state index contributed by atoms with van der Waals surface area (Å²) in [6.07, 6.45) is 0.642. The number of nitrogens with one attached hydrogen (secondary N) is 2. The molecule has 0 heterocycles. The lowest BCUT2D eigenvalue weighted by molar-refractivity contribution is -0.118. The molecule has 0 aliphatic rings. The lowest BCUT2D eigenvalue weighted by Gasteiger charge is -2.24. The molecule has 2 N–H and O–H groups in total. The van der Waals surface area contributed by atoms with Crippen LogP contribution in [-0.2, 0) is 14.8 Å². The molecule has 1 amide bonds. The summed E-state index contributed by atoms with van der Waals surface area (Å²) in [6.45, 7) is 7.48. The zero-order chi connectivity index (χ0) is 20.2. The zero-order valence-electron chi connectivity index (χ0n) is 15.9. The van der Waals surface area contributed by atoms with Crippen LogP contribution in [-0.4, -0.2) is 20.4 Å². The van der Waals surface area contributed by atoms with E-state index < -0.39 is 22.0 Å². The Hall–Kier alpha value is -1.89. The zero-order valence-corrected chi connectivity index (χ0v) is 17.5. The Balaban J connectivity index is 2.27. The smallest absolute Gasteiger partial charge is 0.242 e. The summed E-state index contributed by atoms with van der Waals surface area (Å²) in [5.41, 5.74) is 2.37. The Bertz CT molecular complexity index is 911. The maximum atomic E-state index is 12.9. The Morgan fingerprint density at radius 1 is 1.11 bits per heavy atom. The summed E-state index contributed by atoms with van der Waals surface area (Å²) < 4.78 is 28.0. The average Bonchev–Trinajstić information content (AvgIpc) is 2.62. The van der Waals surface area contributed by atoms with Crippen LogP contribution < -0.4 is 10.0 Å². The van der Waals surface area contributed by atoms with Crippen LogP contribution in [0.1, 0.15) is 31.4 Å². The maximum Gasteiger partial charge on any atom is 0.242 e. The van der Waals surface area contributed by atoms with Crippen molar-refractivity contribution < 1.29 is 13.2 Å². The largest absolute Gasteiger partial charge is 0.324 e. The van der Waals surface area contributed by atoms with Gasteiger partial charge in [0.1, 0.15) is 6.04 Å². The van der Waals surface area contributed by atoms with Gasteiger partial charge in [0.2, 0.25) is 15.9 Å². The van der Waals surface area contributed by atoms with Crippen molar-refractivity contribution in [2.75, 3.05) is 5.32 Å². The van der Waals surface area contributed by atoms with E-state index in [1.807, 2.05) is 27.7 Å². The van der Waals surface area contributed by atoms with Crippen LogP contribution in [0.2, 0.25) is 5.02 Å². The third-order valence-corrected chi connectivity index (χ3v) is 6.26. The normalized spacial score (nSPS) is 13.8. The Morgan fingerprint density at radius 2 is 1.74 bits per heavy atom. The van der Waals surface area contributed by atoms with Gasteiger partial charge >= 0.3 is 0 Å². The van der Waals surface area contributed by atoms with E-state index in [4.69, 9.17) is 11.6 Å². The highest BCUT2D eigenvalue weighted by molar-refractivity contribution is 7.89. The second kappa shape index (κ2) is 8.87. The first-order chi connectivity index (χ1) is 12.6. The molecule has 2 aromatic carbocycles. The number of hydrogen-bond acceptors (Lipinski definition) is 3. The molecule has 0 bridgehead atoms. The third-order valence-electron chi connectivity index (χ3n) is 4.57. The fraction of sp³-hybridized carbons (Fsp3) is 0.350. The quantitative estimate of drug-likeness (QED) is 0.717. The molecule has 0 radical (unpaired) electrons. The number of halogens is 1. The van der Waals surface area contributed by atoms with Crippen molar-refractivity contribution in [3.05, 3.63) is 58.6 Å². The molecular formula is C20H25ClN2O3S. The summed E-state index contributed by atoms with van der Waals surface area (Å²) in [7, 11) is -3.82. The van der Waals surface area contributed by atoms with Crippen molar-refractivity contribution in [2.24, 2.45) is 5.92 Å². The molecule has 7 heteroatoms. The molecule has 0 saturated heterocycles. The predicted molar refractivity (Wildman–Crippen MR) is 110 cm³/mol. The number of anilines is 1. The molecular weight excluding hydrogens is 384 g/mol. The Labute approximate surface area is 166 Å². The molecule has 0 spiro atoms. The minimum atomic E-state index is -3.82. The predicted octanol–water partition coefficient (Wildman–Crippen LogP) is 4.29. The van der Waals surface area contributed by atoms with Gasteiger partial charge in [-0.05, 0) is 49.6 Å². The summed E-state index contributed by atoms with van der Waals surface area (Å²) in [5.74, 6) is -0.602. The van der Waals surface area contributed by atoms with Crippen molar-refractivity contribution in [2.45, 2.75) is 45.1 Å². The molecule has 146 valence electrons. The maximum absolute atomic E-state index is 12.9. The van der Waals surface area contributed by atoms with Crippen LogP contribution in [0.4, 0.5) is 5.69 Å². The summed E-state index contributed by atoms with van der Waals surface area (Å²) >= 11 is 6.01. The number of hydrogen-bond donors (Lipinski definition) is 2. The number of carbonyl (C=O) groups is 1. The fourth-order valence-corrected chi connectivity index (χ4v) is 4.03. The highest BCUT2D eigenvalue weighted by Gasteiger charge is 2.30. The van der Waals surface area contributed by atoms with Gasteiger partial charge in [-0.1, -0.05) is 55.6 Å². The van der Waals surface area contributed by atoms with Crippen LogP contribution in [0.3, 0.4) is 0 Å². The number of carbonyl (C=O) groups excluding carboxylic acids is 1. The molecule has 27 heavy (non-hydrogen) atoms.